The molecule has 0 saturated heterocycles. The Kier molecular flexibility index (Phi) is 12.3. The average molecular weight is 549 g/mol. The number of aliphatic hydroxyl groups is 1. The summed E-state index contributed by atoms with van der Waals surface area (Å²) in [5.74, 6) is -4.97. The molecule has 2 rings (SSSR count). The van der Waals surface area contributed by atoms with Crippen molar-refractivity contribution in [3.8, 4) is 0 Å². The highest BCUT2D eigenvalue weighted by Gasteiger charge is 2.31. The maximum absolute atomic E-state index is 13.3. The van der Waals surface area contributed by atoms with E-state index in [9.17, 15) is 34.2 Å². The van der Waals surface area contributed by atoms with Crippen molar-refractivity contribution in [3.05, 3.63) is 36.0 Å². The lowest BCUT2D eigenvalue weighted by Gasteiger charge is -2.25. The number of fused-ring (bicyclic) bond motifs is 1. The summed E-state index contributed by atoms with van der Waals surface area (Å²) >= 11 is 0. The molecule has 0 fully saturated rings. The van der Waals surface area contributed by atoms with Gasteiger partial charge in [0.25, 0.3) is 0 Å². The summed E-state index contributed by atoms with van der Waals surface area (Å²) in [7, 11) is 0. The highest BCUT2D eigenvalue weighted by Crippen LogP contribution is 2.19. The number of aromatic amines is 1. The molecule has 4 unspecified atom stereocenters. The van der Waals surface area contributed by atoms with Crippen molar-refractivity contribution in [1.29, 1.82) is 0 Å². The molecule has 0 spiro atoms. The second-order valence-electron chi connectivity index (χ2n) is 9.09. The van der Waals surface area contributed by atoms with Crippen molar-refractivity contribution in [2.45, 2.75) is 62.7 Å². The first kappa shape index (κ1) is 31.2. The minimum absolute atomic E-state index is 0.0352. The van der Waals surface area contributed by atoms with Gasteiger partial charge in [0.1, 0.15) is 24.2 Å². The first-order valence-electron chi connectivity index (χ1n) is 12.5. The minimum atomic E-state index is -1.50. The number of amides is 3. The van der Waals surface area contributed by atoms with E-state index in [1.54, 1.807) is 12.3 Å². The van der Waals surface area contributed by atoms with Crippen molar-refractivity contribution in [3.63, 3.8) is 0 Å². The van der Waals surface area contributed by atoms with Crippen LogP contribution in [-0.2, 0) is 30.4 Å². The van der Waals surface area contributed by atoms with Crippen LogP contribution >= 0.6 is 0 Å². The Balaban J connectivity index is 2.31. The number of benzene rings is 1. The van der Waals surface area contributed by atoms with Crippen molar-refractivity contribution >= 4 is 40.6 Å². The van der Waals surface area contributed by atoms with Gasteiger partial charge in [0.2, 0.25) is 17.7 Å². The quantitative estimate of drug-likeness (QED) is 0.104. The molecule has 0 saturated carbocycles. The van der Waals surface area contributed by atoms with E-state index in [4.69, 9.17) is 16.6 Å². The van der Waals surface area contributed by atoms with E-state index in [0.717, 1.165) is 10.9 Å². The lowest BCUT2D eigenvalue weighted by atomic mass is 10.0. The third kappa shape index (κ3) is 9.67. The first-order valence-corrected chi connectivity index (χ1v) is 12.5. The molecule has 1 aromatic carbocycles. The van der Waals surface area contributed by atoms with E-state index in [1.165, 1.54) is 0 Å². The zero-order valence-electron chi connectivity index (χ0n) is 21.4. The molecule has 14 nitrogen and oxygen atoms in total. The molecule has 4 atom stereocenters. The average Bonchev–Trinajstić information content (AvgIpc) is 3.31. The summed E-state index contributed by atoms with van der Waals surface area (Å²) < 4.78 is 0. The van der Waals surface area contributed by atoms with Gasteiger partial charge in [-0.1, -0.05) is 18.2 Å². The highest BCUT2D eigenvalue weighted by molar-refractivity contribution is 5.95. The van der Waals surface area contributed by atoms with Crippen LogP contribution in [0.5, 0.6) is 0 Å². The van der Waals surface area contributed by atoms with Gasteiger partial charge in [-0.15, -0.1) is 0 Å². The third-order valence-corrected chi connectivity index (χ3v) is 6.11. The molecule has 1 aromatic heterocycles. The number of aliphatic carboxylic acids is 2. The van der Waals surface area contributed by atoms with Crippen LogP contribution in [0.3, 0.4) is 0 Å². The fourth-order valence-corrected chi connectivity index (χ4v) is 3.92. The van der Waals surface area contributed by atoms with E-state index in [1.807, 2.05) is 18.2 Å². The Hall–Kier alpha value is -4.01. The number of aliphatic hydroxyl groups excluding tert-OH is 1. The number of H-pyrrole nitrogens is 1. The van der Waals surface area contributed by atoms with Crippen molar-refractivity contribution in [2.75, 3.05) is 13.2 Å². The Morgan fingerprint density at radius 2 is 1.51 bits per heavy atom. The molecule has 3 amide bonds. The Bertz CT molecular complexity index is 1150. The van der Waals surface area contributed by atoms with Crippen LogP contribution in [0.15, 0.2) is 30.5 Å². The molecule has 0 aliphatic carbocycles. The second kappa shape index (κ2) is 15.4. The Morgan fingerprint density at radius 3 is 2.15 bits per heavy atom. The molecule has 0 bridgehead atoms. The largest absolute Gasteiger partial charge is 0.481 e. The van der Waals surface area contributed by atoms with Crippen LogP contribution in [0.2, 0.25) is 0 Å². The van der Waals surface area contributed by atoms with Gasteiger partial charge in [-0.2, -0.15) is 0 Å². The second-order valence-corrected chi connectivity index (χ2v) is 9.09. The highest BCUT2D eigenvalue weighted by atomic mass is 16.4. The number of carbonyl (C=O) groups is 5. The molecule has 0 radical (unpaired) electrons. The SMILES string of the molecule is NCCCCC(NC(=O)C(N)CO)C(=O)NC(Cc1c[nH]c2ccccc12)C(=O)NC(CCC(=O)O)C(=O)O. The summed E-state index contributed by atoms with van der Waals surface area (Å²) in [5, 5.41) is 35.8. The molecule has 1 heterocycles. The van der Waals surface area contributed by atoms with E-state index in [2.05, 4.69) is 20.9 Å². The molecule has 214 valence electrons. The smallest absolute Gasteiger partial charge is 0.326 e. The number of hydrogen-bond donors (Lipinski definition) is 9. The van der Waals surface area contributed by atoms with E-state index < -0.39 is 66.9 Å². The van der Waals surface area contributed by atoms with Gasteiger partial charge < -0.3 is 47.7 Å². The zero-order valence-corrected chi connectivity index (χ0v) is 21.4. The standard InChI is InChI=1S/C25H36N6O8/c26-10-4-3-7-18(29-22(35)16(27)13-32)23(36)31-20(11-14-12-28-17-6-2-1-5-15(14)17)24(37)30-19(25(38)39)8-9-21(33)34/h1-2,5-6,12,16,18-20,28,32H,3-4,7-11,13,26-27H2,(H,29,35)(H,30,37)(H,31,36)(H,33,34)(H,38,39). The monoisotopic (exact) mass is 548 g/mol. The van der Waals surface area contributed by atoms with Gasteiger partial charge in [-0.25, -0.2) is 4.79 Å². The fraction of sp³-hybridized carbons (Fsp3) is 0.480. The first-order chi connectivity index (χ1) is 18.6. The van der Waals surface area contributed by atoms with Crippen LogP contribution in [0.4, 0.5) is 0 Å². The minimum Gasteiger partial charge on any atom is -0.481 e. The van der Waals surface area contributed by atoms with Crippen LogP contribution in [0.25, 0.3) is 10.9 Å². The summed E-state index contributed by atoms with van der Waals surface area (Å²) in [6.45, 7) is -0.279. The van der Waals surface area contributed by atoms with E-state index in [0.29, 0.717) is 24.9 Å². The van der Waals surface area contributed by atoms with Gasteiger partial charge in [0.05, 0.1) is 6.61 Å². The van der Waals surface area contributed by atoms with Crippen molar-refractivity contribution in [1.82, 2.24) is 20.9 Å². The number of nitrogens with one attached hydrogen (secondary N) is 4. The molecule has 14 heteroatoms. The summed E-state index contributed by atoms with van der Waals surface area (Å²) in [4.78, 5) is 64.5. The molecule has 0 aliphatic rings. The summed E-state index contributed by atoms with van der Waals surface area (Å²) in [5.41, 5.74) is 12.5. The van der Waals surface area contributed by atoms with Gasteiger partial charge >= 0.3 is 11.9 Å². The molecule has 2 aromatic rings. The zero-order chi connectivity index (χ0) is 28.9. The van der Waals surface area contributed by atoms with E-state index >= 15 is 0 Å². The topological polar surface area (TPSA) is 250 Å². The Morgan fingerprint density at radius 1 is 0.872 bits per heavy atom. The number of hydrogen-bond acceptors (Lipinski definition) is 8. The molecular weight excluding hydrogens is 512 g/mol. The van der Waals surface area contributed by atoms with E-state index in [-0.39, 0.29) is 19.3 Å². The Labute approximate surface area is 224 Å². The summed E-state index contributed by atoms with van der Waals surface area (Å²) in [6, 6.07) is 2.12. The lowest BCUT2D eigenvalue weighted by Crippen LogP contribution is -2.58. The molecular formula is C25H36N6O8. The lowest BCUT2D eigenvalue weighted by molar-refractivity contribution is -0.143. The van der Waals surface area contributed by atoms with Crippen molar-refractivity contribution < 1.29 is 39.3 Å². The predicted molar refractivity (Wildman–Crippen MR) is 140 cm³/mol. The number of carboxylic acids is 2. The number of rotatable bonds is 17. The molecule has 39 heavy (non-hydrogen) atoms. The number of nitrogens with two attached hydrogens (primary N) is 2. The van der Waals surface area contributed by atoms with Crippen LogP contribution in [0.1, 0.15) is 37.7 Å². The van der Waals surface area contributed by atoms with Gasteiger partial charge in [0.15, 0.2) is 0 Å². The third-order valence-electron chi connectivity index (χ3n) is 6.11. The molecule has 11 N–H and O–H groups in total. The predicted octanol–water partition coefficient (Wildman–Crippen LogP) is -1.44. The number of unbranched alkanes of at least 4 members (excludes halogenated alkanes) is 1. The van der Waals surface area contributed by atoms with Crippen LogP contribution < -0.4 is 27.4 Å². The maximum atomic E-state index is 13.3. The number of carbonyl (C=O) groups excluding carboxylic acids is 3. The van der Waals surface area contributed by atoms with Crippen LogP contribution in [0, 0.1) is 0 Å². The summed E-state index contributed by atoms with van der Waals surface area (Å²) in [6.07, 6.45) is 1.99. The van der Waals surface area contributed by atoms with Gasteiger partial charge in [-0.05, 0) is 43.9 Å². The van der Waals surface area contributed by atoms with Crippen molar-refractivity contribution in [2.24, 2.45) is 11.5 Å². The van der Waals surface area contributed by atoms with Gasteiger partial charge in [-0.3, -0.25) is 19.2 Å². The maximum Gasteiger partial charge on any atom is 0.326 e. The number of para-hydroxylation sites is 1. The molecule has 0 aliphatic heterocycles. The normalized spacial score (nSPS) is 14.1. The van der Waals surface area contributed by atoms with Crippen LogP contribution in [-0.4, -0.2) is 87.3 Å². The van der Waals surface area contributed by atoms with Gasteiger partial charge in [0, 0.05) is 29.9 Å². The number of carboxylic acid groups (broad SMARTS) is 2. The number of aromatic nitrogens is 1. The fourth-order valence-electron chi connectivity index (χ4n) is 3.92.